The number of hydrogen-bond acceptors (Lipinski definition) is 4. The molecule has 0 aromatic carbocycles. The maximum atomic E-state index is 5.65. The van der Waals surface area contributed by atoms with Crippen molar-refractivity contribution in [3.63, 3.8) is 0 Å². The van der Waals surface area contributed by atoms with E-state index in [1.54, 1.807) is 0 Å². The molecule has 13 heavy (non-hydrogen) atoms. The van der Waals surface area contributed by atoms with Crippen LogP contribution in [-0.4, -0.2) is 43.3 Å². The average molecular weight is 204 g/mol. The van der Waals surface area contributed by atoms with Gasteiger partial charge in [0, 0.05) is 24.9 Å². The molecule has 2 unspecified atom stereocenters. The fourth-order valence-corrected chi connectivity index (χ4v) is 2.39. The number of thioether (sulfide) groups is 1. The lowest BCUT2D eigenvalue weighted by molar-refractivity contribution is 0.0441. The fraction of sp³-hybridized carbons (Fsp3) is 1.00. The van der Waals surface area contributed by atoms with Crippen LogP contribution in [0.5, 0.6) is 0 Å². The second-order valence-electron chi connectivity index (χ2n) is 3.54. The first-order valence-electron chi connectivity index (χ1n) is 4.94. The molecule has 78 valence electrons. The Morgan fingerprint density at radius 2 is 2.54 bits per heavy atom. The Bertz CT molecular complexity index is 127. The molecule has 1 aliphatic heterocycles. The number of ether oxygens (including phenoxy) is 1. The van der Waals surface area contributed by atoms with Crippen molar-refractivity contribution in [3.05, 3.63) is 0 Å². The average Bonchev–Trinajstić information content (AvgIpc) is 2.14. The van der Waals surface area contributed by atoms with Crippen molar-refractivity contribution in [1.82, 2.24) is 5.32 Å². The molecular formula is C9H20N2OS. The minimum Gasteiger partial charge on any atom is -0.375 e. The Kier molecular flexibility index (Phi) is 5.78. The number of nitrogens with one attached hydrogen (secondary N) is 1. The zero-order valence-electron chi connectivity index (χ0n) is 8.29. The van der Waals surface area contributed by atoms with Crippen molar-refractivity contribution in [2.45, 2.75) is 25.5 Å². The van der Waals surface area contributed by atoms with E-state index in [4.69, 9.17) is 10.5 Å². The Balaban J connectivity index is 1.92. The number of nitrogens with two attached hydrogens (primary N) is 1. The summed E-state index contributed by atoms with van der Waals surface area (Å²) < 4.78 is 5.57. The summed E-state index contributed by atoms with van der Waals surface area (Å²) in [5.41, 5.74) is 5.65. The molecule has 0 saturated carbocycles. The minimum absolute atomic E-state index is 0.331. The molecule has 3 N–H and O–H groups in total. The molecule has 1 saturated heterocycles. The largest absolute Gasteiger partial charge is 0.375 e. The molecule has 3 nitrogen and oxygen atoms in total. The van der Waals surface area contributed by atoms with Gasteiger partial charge in [-0.1, -0.05) is 0 Å². The molecule has 4 heteroatoms. The van der Waals surface area contributed by atoms with Gasteiger partial charge in [-0.05, 0) is 19.1 Å². The van der Waals surface area contributed by atoms with Crippen molar-refractivity contribution in [2.24, 2.45) is 5.73 Å². The summed E-state index contributed by atoms with van der Waals surface area (Å²) in [6.07, 6.45) is 1.51. The standard InChI is InChI=1S/C9H20N2OS/c1-8(10)2-5-13-7-9-6-11-3-4-12-9/h8-9,11H,2-7,10H2,1H3. The quantitative estimate of drug-likeness (QED) is 0.638. The first-order valence-corrected chi connectivity index (χ1v) is 6.10. The van der Waals surface area contributed by atoms with E-state index in [0.29, 0.717) is 12.1 Å². The van der Waals surface area contributed by atoms with E-state index in [1.807, 2.05) is 11.8 Å². The highest BCUT2D eigenvalue weighted by molar-refractivity contribution is 7.99. The van der Waals surface area contributed by atoms with Gasteiger partial charge in [0.2, 0.25) is 0 Å². The van der Waals surface area contributed by atoms with Gasteiger partial charge in [0.1, 0.15) is 0 Å². The molecule has 0 radical (unpaired) electrons. The van der Waals surface area contributed by atoms with Crippen molar-refractivity contribution >= 4 is 11.8 Å². The van der Waals surface area contributed by atoms with E-state index in [9.17, 15) is 0 Å². The van der Waals surface area contributed by atoms with Gasteiger partial charge in [-0.15, -0.1) is 0 Å². The predicted octanol–water partition coefficient (Wildman–Crippen LogP) is 0.445. The maximum absolute atomic E-state index is 5.65. The third-order valence-electron chi connectivity index (χ3n) is 2.03. The van der Waals surface area contributed by atoms with Gasteiger partial charge in [-0.3, -0.25) is 0 Å². The Morgan fingerprint density at radius 3 is 3.15 bits per heavy atom. The zero-order valence-corrected chi connectivity index (χ0v) is 9.11. The smallest absolute Gasteiger partial charge is 0.0790 e. The Hall–Kier alpha value is 0.230. The van der Waals surface area contributed by atoms with E-state index in [1.165, 1.54) is 0 Å². The van der Waals surface area contributed by atoms with E-state index < -0.39 is 0 Å². The van der Waals surface area contributed by atoms with Gasteiger partial charge in [-0.25, -0.2) is 0 Å². The van der Waals surface area contributed by atoms with Gasteiger partial charge in [0.25, 0.3) is 0 Å². The molecule has 0 bridgehead atoms. The van der Waals surface area contributed by atoms with Crippen LogP contribution >= 0.6 is 11.8 Å². The molecule has 0 spiro atoms. The predicted molar refractivity (Wildman–Crippen MR) is 58.2 cm³/mol. The summed E-state index contributed by atoms with van der Waals surface area (Å²) in [7, 11) is 0. The van der Waals surface area contributed by atoms with Crippen molar-refractivity contribution < 1.29 is 4.74 Å². The van der Waals surface area contributed by atoms with Crippen LogP contribution in [0.3, 0.4) is 0 Å². The first-order chi connectivity index (χ1) is 6.29. The normalized spacial score (nSPS) is 25.8. The molecule has 2 atom stereocenters. The monoisotopic (exact) mass is 204 g/mol. The van der Waals surface area contributed by atoms with Gasteiger partial charge < -0.3 is 15.8 Å². The molecule has 0 aromatic heterocycles. The summed E-state index contributed by atoms with van der Waals surface area (Å²) in [4.78, 5) is 0. The summed E-state index contributed by atoms with van der Waals surface area (Å²) in [6, 6.07) is 0.331. The topological polar surface area (TPSA) is 47.3 Å². The first kappa shape index (κ1) is 11.3. The molecular weight excluding hydrogens is 184 g/mol. The van der Waals surface area contributed by atoms with Gasteiger partial charge in [-0.2, -0.15) is 11.8 Å². The highest BCUT2D eigenvalue weighted by Gasteiger charge is 2.12. The highest BCUT2D eigenvalue weighted by Crippen LogP contribution is 2.09. The molecule has 0 amide bonds. The second-order valence-corrected chi connectivity index (χ2v) is 4.69. The lowest BCUT2D eigenvalue weighted by atomic mass is 10.3. The van der Waals surface area contributed by atoms with E-state index in [0.717, 1.165) is 37.6 Å². The molecule has 0 aliphatic carbocycles. The van der Waals surface area contributed by atoms with Gasteiger partial charge in [0.15, 0.2) is 0 Å². The highest BCUT2D eigenvalue weighted by atomic mass is 32.2. The Labute approximate surface area is 84.8 Å². The minimum atomic E-state index is 0.331. The SMILES string of the molecule is CC(N)CCSCC1CNCCO1. The van der Waals surface area contributed by atoms with Gasteiger partial charge >= 0.3 is 0 Å². The van der Waals surface area contributed by atoms with Crippen LogP contribution < -0.4 is 11.1 Å². The number of hydrogen-bond donors (Lipinski definition) is 2. The Morgan fingerprint density at radius 1 is 1.69 bits per heavy atom. The van der Waals surface area contributed by atoms with E-state index in [-0.39, 0.29) is 0 Å². The summed E-state index contributed by atoms with van der Waals surface area (Å²) in [5.74, 6) is 2.25. The van der Waals surface area contributed by atoms with Crippen LogP contribution in [0, 0.1) is 0 Å². The van der Waals surface area contributed by atoms with Crippen LogP contribution in [-0.2, 0) is 4.74 Å². The molecule has 1 heterocycles. The third kappa shape index (κ3) is 5.52. The molecule has 1 fully saturated rings. The third-order valence-corrected chi connectivity index (χ3v) is 3.16. The van der Waals surface area contributed by atoms with Crippen LogP contribution in [0.15, 0.2) is 0 Å². The van der Waals surface area contributed by atoms with Crippen LogP contribution in [0.1, 0.15) is 13.3 Å². The lowest BCUT2D eigenvalue weighted by Crippen LogP contribution is -2.39. The zero-order chi connectivity index (χ0) is 9.52. The van der Waals surface area contributed by atoms with Crippen molar-refractivity contribution in [2.75, 3.05) is 31.2 Å². The number of rotatable bonds is 5. The van der Waals surface area contributed by atoms with Crippen LogP contribution in [0.25, 0.3) is 0 Å². The van der Waals surface area contributed by atoms with Crippen molar-refractivity contribution in [3.8, 4) is 0 Å². The van der Waals surface area contributed by atoms with E-state index in [2.05, 4.69) is 12.2 Å². The maximum Gasteiger partial charge on any atom is 0.0790 e. The number of morpholine rings is 1. The molecule has 0 aromatic rings. The van der Waals surface area contributed by atoms with Gasteiger partial charge in [0.05, 0.1) is 12.7 Å². The lowest BCUT2D eigenvalue weighted by Gasteiger charge is -2.23. The molecule has 1 rings (SSSR count). The summed E-state index contributed by atoms with van der Waals surface area (Å²) in [5, 5.41) is 3.32. The fourth-order valence-electron chi connectivity index (χ4n) is 1.21. The van der Waals surface area contributed by atoms with E-state index >= 15 is 0 Å². The van der Waals surface area contributed by atoms with Crippen LogP contribution in [0.2, 0.25) is 0 Å². The molecule has 1 aliphatic rings. The summed E-state index contributed by atoms with van der Waals surface area (Å²) >= 11 is 1.94. The van der Waals surface area contributed by atoms with Crippen LogP contribution in [0.4, 0.5) is 0 Å². The second kappa shape index (κ2) is 6.65. The van der Waals surface area contributed by atoms with Crippen molar-refractivity contribution in [1.29, 1.82) is 0 Å². The summed E-state index contributed by atoms with van der Waals surface area (Å²) in [6.45, 7) is 4.92.